The number of ether oxygens (including phenoxy) is 1. The molecule has 4 N–H and O–H groups in total. The van der Waals surface area contributed by atoms with Crippen LogP contribution in [0.2, 0.25) is 5.02 Å². The summed E-state index contributed by atoms with van der Waals surface area (Å²) < 4.78 is 5.31. The summed E-state index contributed by atoms with van der Waals surface area (Å²) in [6.07, 6.45) is 5.45. The Kier molecular flexibility index (Phi) is 6.98. The zero-order valence-corrected chi connectivity index (χ0v) is 20.7. The molecule has 3 aromatic rings. The molecule has 1 atom stereocenters. The normalized spacial score (nSPS) is 15.7. The molecule has 1 unspecified atom stereocenters. The fourth-order valence-corrected chi connectivity index (χ4v) is 4.38. The van der Waals surface area contributed by atoms with Crippen LogP contribution in [0.15, 0.2) is 72.6 Å². The van der Waals surface area contributed by atoms with E-state index in [0.29, 0.717) is 51.8 Å². The Balaban J connectivity index is 1.58. The Labute approximate surface area is 223 Å². The number of nitrogens with zero attached hydrogens (tertiary/aromatic N) is 2. The molecular formula is C28H22ClN5O4. The largest absolute Gasteiger partial charge is 0.507 e. The number of hydrogen-bond donors (Lipinski definition) is 4. The monoisotopic (exact) mass is 527 g/mol. The average molecular weight is 528 g/mol. The van der Waals surface area contributed by atoms with Crippen molar-refractivity contribution in [1.29, 1.82) is 5.26 Å². The number of hydrogen-bond acceptors (Lipinski definition) is 7. The van der Waals surface area contributed by atoms with E-state index in [-0.39, 0.29) is 23.0 Å². The molecular weight excluding hydrogens is 506 g/mol. The van der Waals surface area contributed by atoms with Gasteiger partial charge < -0.3 is 25.8 Å². The fourth-order valence-electron chi connectivity index (χ4n) is 4.22. The van der Waals surface area contributed by atoms with Gasteiger partial charge in [-0.25, -0.2) is 4.98 Å². The maximum Gasteiger partial charge on any atom is 0.271 e. The number of aromatic nitrogens is 1. The summed E-state index contributed by atoms with van der Waals surface area (Å²) in [5.74, 6) is -0.815. The van der Waals surface area contributed by atoms with Gasteiger partial charge in [-0.1, -0.05) is 29.8 Å². The fraction of sp³-hybridized carbons (Fsp3) is 0.143. The lowest BCUT2D eigenvalue weighted by atomic mass is 9.97. The summed E-state index contributed by atoms with van der Waals surface area (Å²) in [6.45, 7) is 0.710. The topological polar surface area (TPSA) is 136 Å². The first-order valence-corrected chi connectivity index (χ1v) is 12.2. The molecule has 190 valence electrons. The van der Waals surface area contributed by atoms with Crippen molar-refractivity contribution in [2.24, 2.45) is 0 Å². The molecule has 0 spiro atoms. The van der Waals surface area contributed by atoms with Crippen molar-refractivity contribution in [3.63, 3.8) is 0 Å². The Morgan fingerprint density at radius 3 is 2.74 bits per heavy atom. The minimum absolute atomic E-state index is 0.0181. The molecule has 2 aromatic carbocycles. The number of amides is 2. The third-order valence-electron chi connectivity index (χ3n) is 6.07. The van der Waals surface area contributed by atoms with Crippen LogP contribution in [0.1, 0.15) is 18.4 Å². The number of rotatable bonds is 6. The number of halogens is 1. The van der Waals surface area contributed by atoms with Crippen LogP contribution in [0.25, 0.3) is 22.4 Å². The first-order valence-electron chi connectivity index (χ1n) is 11.8. The van der Waals surface area contributed by atoms with Crippen LogP contribution in [-0.2, 0) is 14.3 Å². The molecule has 2 amide bonds. The summed E-state index contributed by atoms with van der Waals surface area (Å²) >= 11 is 6.01. The summed E-state index contributed by atoms with van der Waals surface area (Å²) in [7, 11) is 0. The minimum atomic E-state index is -0.739. The summed E-state index contributed by atoms with van der Waals surface area (Å²) in [5.41, 5.74) is 2.86. The van der Waals surface area contributed by atoms with E-state index in [1.165, 1.54) is 12.3 Å². The number of phenols is 1. The number of anilines is 2. The first kappa shape index (κ1) is 24.9. The SMILES string of the molecule is N#Cc1c(-c2cccc(NC(=O)C3=CCCN3)c2)cc(-c2ccc(Cl)cc2O)nc1NC(=O)C1CC=CO1. The third-order valence-corrected chi connectivity index (χ3v) is 6.31. The van der Waals surface area contributed by atoms with Crippen molar-refractivity contribution < 1.29 is 19.4 Å². The lowest BCUT2D eigenvalue weighted by molar-refractivity contribution is -0.123. The molecule has 9 nitrogen and oxygen atoms in total. The van der Waals surface area contributed by atoms with Crippen LogP contribution in [0.4, 0.5) is 11.5 Å². The van der Waals surface area contributed by atoms with Gasteiger partial charge in [0, 0.05) is 34.8 Å². The van der Waals surface area contributed by atoms with Crippen LogP contribution in [0, 0.1) is 11.3 Å². The Bertz CT molecular complexity index is 1530. The molecule has 0 saturated heterocycles. The molecule has 0 fully saturated rings. The van der Waals surface area contributed by atoms with E-state index in [2.05, 4.69) is 27.0 Å². The second-order valence-corrected chi connectivity index (χ2v) is 9.08. The highest BCUT2D eigenvalue weighted by atomic mass is 35.5. The van der Waals surface area contributed by atoms with Gasteiger partial charge in [-0.3, -0.25) is 9.59 Å². The van der Waals surface area contributed by atoms with Gasteiger partial charge in [0.25, 0.3) is 11.8 Å². The number of aromatic hydroxyl groups is 1. The van der Waals surface area contributed by atoms with Gasteiger partial charge in [0.05, 0.1) is 17.7 Å². The van der Waals surface area contributed by atoms with Gasteiger partial charge >= 0.3 is 0 Å². The first-order chi connectivity index (χ1) is 18.4. The number of carbonyl (C=O) groups is 2. The lowest BCUT2D eigenvalue weighted by Gasteiger charge is -2.16. The molecule has 0 aliphatic carbocycles. The Morgan fingerprint density at radius 2 is 2.03 bits per heavy atom. The van der Waals surface area contributed by atoms with E-state index in [9.17, 15) is 20.0 Å². The molecule has 0 bridgehead atoms. The standard InChI is InChI=1S/C28H22ClN5O4/c29-17-8-9-19(24(35)13-17)23-14-20(21(15-30)26(33-23)34-28(37)25-7-3-11-38-25)16-4-1-5-18(12-16)32-27(36)22-6-2-10-31-22/h1,3-6,8-9,11-14,25,31,35H,2,7,10H2,(H,32,36)(H,33,34,37). The van der Waals surface area contributed by atoms with Crippen LogP contribution in [0.3, 0.4) is 0 Å². The smallest absolute Gasteiger partial charge is 0.271 e. The van der Waals surface area contributed by atoms with E-state index >= 15 is 0 Å². The zero-order valence-electron chi connectivity index (χ0n) is 20.0. The molecule has 3 heterocycles. The number of carbonyl (C=O) groups excluding carboxylic acids is 2. The highest BCUT2D eigenvalue weighted by Gasteiger charge is 2.25. The quantitative estimate of drug-likeness (QED) is 0.364. The van der Waals surface area contributed by atoms with Gasteiger partial charge in [0.15, 0.2) is 11.9 Å². The average Bonchev–Trinajstić information content (AvgIpc) is 3.64. The van der Waals surface area contributed by atoms with Gasteiger partial charge in [-0.15, -0.1) is 0 Å². The summed E-state index contributed by atoms with van der Waals surface area (Å²) in [6, 6.07) is 15.4. The molecule has 2 aliphatic rings. The number of nitriles is 1. The van der Waals surface area contributed by atoms with Gasteiger partial charge in [-0.05, 0) is 54.5 Å². The molecule has 1 aromatic heterocycles. The van der Waals surface area contributed by atoms with Crippen molar-refractivity contribution >= 4 is 34.9 Å². The minimum Gasteiger partial charge on any atom is -0.507 e. The Hall–Kier alpha value is -4.81. The molecule has 0 radical (unpaired) electrons. The van der Waals surface area contributed by atoms with Gasteiger partial charge in [-0.2, -0.15) is 5.26 Å². The predicted octanol–water partition coefficient (Wildman–Crippen LogP) is 4.70. The second-order valence-electron chi connectivity index (χ2n) is 8.64. The molecule has 2 aliphatic heterocycles. The van der Waals surface area contributed by atoms with E-state index in [0.717, 1.165) is 6.42 Å². The molecule has 38 heavy (non-hydrogen) atoms. The van der Waals surface area contributed by atoms with Gasteiger partial charge in [0.1, 0.15) is 17.4 Å². The van der Waals surface area contributed by atoms with Crippen molar-refractivity contribution in [1.82, 2.24) is 10.3 Å². The summed E-state index contributed by atoms with van der Waals surface area (Å²) in [4.78, 5) is 29.9. The Morgan fingerprint density at radius 1 is 1.16 bits per heavy atom. The van der Waals surface area contributed by atoms with Crippen molar-refractivity contribution in [2.75, 3.05) is 17.2 Å². The highest BCUT2D eigenvalue weighted by Crippen LogP contribution is 2.37. The predicted molar refractivity (Wildman–Crippen MR) is 143 cm³/mol. The van der Waals surface area contributed by atoms with Crippen LogP contribution in [0.5, 0.6) is 5.75 Å². The molecule has 10 heteroatoms. The number of phenolic OH excluding ortho intramolecular Hbond substituents is 1. The van der Waals surface area contributed by atoms with E-state index in [4.69, 9.17) is 16.3 Å². The van der Waals surface area contributed by atoms with Crippen LogP contribution in [-0.4, -0.2) is 34.6 Å². The second kappa shape index (κ2) is 10.7. The summed E-state index contributed by atoms with van der Waals surface area (Å²) in [5, 5.41) is 29.6. The molecule has 5 rings (SSSR count). The number of pyridine rings is 1. The third kappa shape index (κ3) is 5.16. The maximum absolute atomic E-state index is 12.8. The number of nitrogens with one attached hydrogen (secondary N) is 3. The van der Waals surface area contributed by atoms with Crippen molar-refractivity contribution in [3.8, 4) is 34.2 Å². The van der Waals surface area contributed by atoms with Gasteiger partial charge in [0.2, 0.25) is 0 Å². The van der Waals surface area contributed by atoms with E-state index < -0.39 is 12.0 Å². The van der Waals surface area contributed by atoms with E-state index in [1.54, 1.807) is 48.5 Å². The zero-order chi connectivity index (χ0) is 26.6. The highest BCUT2D eigenvalue weighted by molar-refractivity contribution is 6.30. The number of benzene rings is 2. The van der Waals surface area contributed by atoms with Crippen LogP contribution < -0.4 is 16.0 Å². The van der Waals surface area contributed by atoms with Crippen molar-refractivity contribution in [2.45, 2.75) is 18.9 Å². The van der Waals surface area contributed by atoms with Crippen molar-refractivity contribution in [3.05, 3.63) is 83.2 Å². The lowest BCUT2D eigenvalue weighted by Crippen LogP contribution is -2.27. The molecule has 0 saturated carbocycles. The van der Waals surface area contributed by atoms with E-state index in [1.807, 2.05) is 6.08 Å². The maximum atomic E-state index is 12.8. The van der Waals surface area contributed by atoms with Crippen LogP contribution >= 0.6 is 11.6 Å².